The van der Waals surface area contributed by atoms with E-state index in [0.29, 0.717) is 17.2 Å². The van der Waals surface area contributed by atoms with Gasteiger partial charge in [-0.25, -0.2) is 24.4 Å². The van der Waals surface area contributed by atoms with E-state index >= 15 is 0 Å². The number of benzene rings is 2. The van der Waals surface area contributed by atoms with Crippen LogP contribution in [0.4, 0.5) is 13.2 Å². The number of carbonyl (C=O) groups is 1. The van der Waals surface area contributed by atoms with Crippen LogP contribution in [0.3, 0.4) is 0 Å². The highest BCUT2D eigenvalue weighted by Gasteiger charge is 2.40. The summed E-state index contributed by atoms with van der Waals surface area (Å²) in [6.07, 6.45) is -6.01. The first-order valence-corrected chi connectivity index (χ1v) is 9.68. The summed E-state index contributed by atoms with van der Waals surface area (Å²) in [6, 6.07) is 8.08. The quantitative estimate of drug-likeness (QED) is 0.395. The Bertz CT molecular complexity index is 1040. The van der Waals surface area contributed by atoms with Gasteiger partial charge in [-0.3, -0.25) is 4.79 Å². The van der Waals surface area contributed by atoms with Gasteiger partial charge in [0.1, 0.15) is 11.1 Å². The number of hydrogen-bond acceptors (Lipinski definition) is 7. The number of nitrogens with two attached hydrogens (primary N) is 2. The Morgan fingerprint density at radius 3 is 2.10 bits per heavy atom. The van der Waals surface area contributed by atoms with Crippen LogP contribution in [0.15, 0.2) is 41.3 Å². The first-order chi connectivity index (χ1) is 13.5. The lowest BCUT2D eigenvalue weighted by atomic mass is 9.94. The number of amides is 1. The summed E-state index contributed by atoms with van der Waals surface area (Å²) in [7, 11) is -4.76. The molecule has 156 valence electrons. The van der Waals surface area contributed by atoms with Gasteiger partial charge < -0.3 is 5.73 Å². The van der Waals surface area contributed by atoms with E-state index < -0.39 is 38.7 Å². The summed E-state index contributed by atoms with van der Waals surface area (Å²) in [6.45, 7) is 0. The minimum Gasteiger partial charge on any atom is -0.369 e. The molecule has 1 aliphatic rings. The second-order valence-electron chi connectivity index (χ2n) is 6.26. The number of hydrogen-bond donors (Lipinski definition) is 6. The molecule has 0 aromatic heterocycles. The molecule has 0 radical (unpaired) electrons. The van der Waals surface area contributed by atoms with E-state index in [0.717, 1.165) is 6.07 Å². The zero-order chi connectivity index (χ0) is 21.4. The van der Waals surface area contributed by atoms with Gasteiger partial charge in [0.25, 0.3) is 0 Å². The smallest absolute Gasteiger partial charge is 0.369 e. The maximum atomic E-state index is 13.5. The Morgan fingerprint density at radius 1 is 1.03 bits per heavy atom. The predicted molar refractivity (Wildman–Crippen MR) is 96.4 cm³/mol. The molecule has 0 unspecified atom stereocenters. The highest BCUT2D eigenvalue weighted by molar-refractivity contribution is 7.89. The van der Waals surface area contributed by atoms with Gasteiger partial charge in [-0.1, -0.05) is 30.3 Å². The Morgan fingerprint density at radius 2 is 1.62 bits per heavy atom. The number of halogens is 3. The molecule has 0 atom stereocenters. The molecule has 0 saturated carbocycles. The largest absolute Gasteiger partial charge is 0.417 e. The van der Waals surface area contributed by atoms with Crippen molar-refractivity contribution in [2.45, 2.75) is 23.7 Å². The summed E-state index contributed by atoms with van der Waals surface area (Å²) < 4.78 is 64.9. The molecule has 1 aliphatic heterocycles. The molecule has 3 rings (SSSR count). The van der Waals surface area contributed by atoms with Crippen molar-refractivity contribution in [2.24, 2.45) is 10.9 Å². The lowest BCUT2D eigenvalue weighted by molar-refractivity contribution is -0.140. The summed E-state index contributed by atoms with van der Waals surface area (Å²) in [4.78, 5) is 10.0. The second-order valence-corrected chi connectivity index (χ2v) is 7.76. The van der Waals surface area contributed by atoms with Crippen LogP contribution < -0.4 is 32.8 Å². The molecule has 0 bridgehead atoms. The SMILES string of the molecule is NC(=O)Cc1ccc(-c2ccc(C(F)(F)F)c(S(N)(=O)=O)c2C2NNNN2)cc1. The van der Waals surface area contributed by atoms with E-state index in [9.17, 15) is 26.4 Å². The average Bonchev–Trinajstić information content (AvgIpc) is 3.13. The van der Waals surface area contributed by atoms with E-state index in [1.54, 1.807) is 24.3 Å². The fraction of sp³-hybridized carbons (Fsp3) is 0.188. The number of nitrogens with one attached hydrogen (secondary N) is 4. The van der Waals surface area contributed by atoms with Crippen LogP contribution in [0.1, 0.15) is 22.9 Å². The van der Waals surface area contributed by atoms with Crippen LogP contribution in [0.25, 0.3) is 11.1 Å². The van der Waals surface area contributed by atoms with Gasteiger partial charge in [-0.2, -0.15) is 24.2 Å². The molecule has 1 heterocycles. The standard InChI is InChI=1S/C16H17F3N6O3S/c17-16(18,19)11-6-5-10(9-3-1-8(2-4-9)7-12(20)26)13(14(11)29(21,27)28)15-22-24-25-23-15/h1-6,15,22-25H,7H2,(H2,20,26)(H2,21,27,28). The maximum absolute atomic E-state index is 13.5. The molecule has 1 saturated heterocycles. The Hall–Kier alpha value is -2.55. The molecular formula is C16H17F3N6O3S. The van der Waals surface area contributed by atoms with E-state index in [1.807, 2.05) is 0 Å². The first-order valence-electron chi connectivity index (χ1n) is 8.14. The Labute approximate surface area is 163 Å². The lowest BCUT2D eigenvalue weighted by Crippen LogP contribution is -2.33. The van der Waals surface area contributed by atoms with E-state index in [2.05, 4.69) is 21.9 Å². The van der Waals surface area contributed by atoms with E-state index in [-0.39, 0.29) is 17.5 Å². The summed E-state index contributed by atoms with van der Waals surface area (Å²) >= 11 is 0. The van der Waals surface area contributed by atoms with Gasteiger partial charge in [0.15, 0.2) is 0 Å². The fourth-order valence-corrected chi connectivity index (χ4v) is 4.09. The van der Waals surface area contributed by atoms with Crippen molar-refractivity contribution in [1.29, 1.82) is 0 Å². The van der Waals surface area contributed by atoms with E-state index in [4.69, 9.17) is 10.9 Å². The monoisotopic (exact) mass is 430 g/mol. The van der Waals surface area contributed by atoms with E-state index in [1.165, 1.54) is 0 Å². The molecule has 2 aromatic rings. The van der Waals surface area contributed by atoms with Crippen LogP contribution in [0, 0.1) is 0 Å². The average molecular weight is 430 g/mol. The van der Waals surface area contributed by atoms with Gasteiger partial charge in [0, 0.05) is 5.56 Å². The number of hydrazine groups is 3. The molecule has 0 aliphatic carbocycles. The molecule has 0 spiro atoms. The molecule has 13 heteroatoms. The molecule has 8 N–H and O–H groups in total. The number of alkyl halides is 3. The van der Waals surface area contributed by atoms with Crippen LogP contribution in [0.2, 0.25) is 0 Å². The molecule has 1 fully saturated rings. The predicted octanol–water partition coefficient (Wildman–Crippen LogP) is 0.163. The number of primary amides is 1. The molecule has 2 aromatic carbocycles. The van der Waals surface area contributed by atoms with Crippen LogP contribution in [-0.4, -0.2) is 14.3 Å². The van der Waals surface area contributed by atoms with Crippen molar-refractivity contribution in [3.05, 3.63) is 53.1 Å². The zero-order valence-electron chi connectivity index (χ0n) is 14.7. The van der Waals surface area contributed by atoms with Crippen molar-refractivity contribution in [3.63, 3.8) is 0 Å². The normalized spacial score (nSPS) is 15.6. The minimum absolute atomic E-state index is 0.0118. The maximum Gasteiger partial charge on any atom is 0.417 e. The number of carbonyl (C=O) groups excluding carboxylic acids is 1. The Kier molecular flexibility index (Phi) is 5.62. The van der Waals surface area contributed by atoms with Crippen LogP contribution in [0.5, 0.6) is 0 Å². The van der Waals surface area contributed by atoms with Crippen molar-refractivity contribution >= 4 is 15.9 Å². The van der Waals surface area contributed by atoms with Gasteiger partial charge in [-0.15, -0.1) is 0 Å². The summed E-state index contributed by atoms with van der Waals surface area (Å²) in [5.41, 5.74) is 14.8. The third-order valence-electron chi connectivity index (χ3n) is 4.21. The van der Waals surface area contributed by atoms with Crippen molar-refractivity contribution < 1.29 is 26.4 Å². The Balaban J connectivity index is 2.26. The third-order valence-corrected chi connectivity index (χ3v) is 5.22. The first kappa shape index (κ1) is 21.2. The summed E-state index contributed by atoms with van der Waals surface area (Å²) in [5, 5.41) is 5.17. The van der Waals surface area contributed by atoms with Gasteiger partial charge in [0.2, 0.25) is 15.9 Å². The highest BCUT2D eigenvalue weighted by atomic mass is 32.2. The number of rotatable bonds is 5. The molecule has 9 nitrogen and oxygen atoms in total. The topological polar surface area (TPSA) is 151 Å². The van der Waals surface area contributed by atoms with Gasteiger partial charge >= 0.3 is 6.18 Å². The lowest BCUT2D eigenvalue weighted by Gasteiger charge is -2.22. The fourth-order valence-electron chi connectivity index (χ4n) is 3.07. The number of primary sulfonamides is 1. The van der Waals surface area contributed by atoms with Crippen molar-refractivity contribution in [1.82, 2.24) is 21.9 Å². The number of sulfonamides is 1. The van der Waals surface area contributed by atoms with Crippen molar-refractivity contribution in [3.8, 4) is 11.1 Å². The zero-order valence-corrected chi connectivity index (χ0v) is 15.5. The van der Waals surface area contributed by atoms with Crippen molar-refractivity contribution in [2.75, 3.05) is 0 Å². The van der Waals surface area contributed by atoms with Crippen LogP contribution >= 0.6 is 0 Å². The second kappa shape index (κ2) is 7.70. The summed E-state index contributed by atoms with van der Waals surface area (Å²) in [5.74, 6) is -0.541. The minimum atomic E-state index is -4.94. The van der Waals surface area contributed by atoms with Crippen LogP contribution in [-0.2, 0) is 27.4 Å². The third kappa shape index (κ3) is 4.55. The highest BCUT2D eigenvalue weighted by Crippen LogP contribution is 2.41. The molecular weight excluding hydrogens is 413 g/mol. The molecule has 1 amide bonds. The van der Waals surface area contributed by atoms with Gasteiger partial charge in [0.05, 0.1) is 12.0 Å². The van der Waals surface area contributed by atoms with Gasteiger partial charge in [-0.05, 0) is 22.8 Å². The molecule has 29 heavy (non-hydrogen) atoms.